The lowest BCUT2D eigenvalue weighted by atomic mass is 10.1. The lowest BCUT2D eigenvalue weighted by Crippen LogP contribution is -2.35. The first-order valence-corrected chi connectivity index (χ1v) is 10.3. The zero-order valence-electron chi connectivity index (χ0n) is 13.5. The van der Waals surface area contributed by atoms with Gasteiger partial charge in [0.1, 0.15) is 0 Å². The molecule has 2 nitrogen and oxygen atoms in total. The van der Waals surface area contributed by atoms with Crippen LogP contribution in [0.2, 0.25) is 0 Å². The van der Waals surface area contributed by atoms with Crippen LogP contribution in [0.5, 0.6) is 0 Å². The predicted molar refractivity (Wildman–Crippen MR) is 104 cm³/mol. The SMILES string of the molecule is C=CCSCC1CC(CSCC=C)N(Cc2ccccc2)C1=O. The molecule has 0 aliphatic carbocycles. The number of thioether (sulfide) groups is 2. The van der Waals surface area contributed by atoms with E-state index in [9.17, 15) is 4.79 Å². The molecule has 2 rings (SSSR count). The molecule has 1 aromatic carbocycles. The van der Waals surface area contributed by atoms with Crippen molar-refractivity contribution in [1.29, 1.82) is 0 Å². The van der Waals surface area contributed by atoms with Crippen LogP contribution in [-0.2, 0) is 11.3 Å². The maximum atomic E-state index is 12.8. The highest BCUT2D eigenvalue weighted by molar-refractivity contribution is 7.99. The van der Waals surface area contributed by atoms with E-state index in [1.807, 2.05) is 42.1 Å². The minimum Gasteiger partial charge on any atom is -0.334 e. The van der Waals surface area contributed by atoms with Crippen molar-refractivity contribution in [1.82, 2.24) is 4.90 Å². The largest absolute Gasteiger partial charge is 0.334 e. The first kappa shape index (κ1) is 18.2. The van der Waals surface area contributed by atoms with Crippen molar-refractivity contribution in [2.75, 3.05) is 23.0 Å². The van der Waals surface area contributed by atoms with E-state index in [0.29, 0.717) is 11.9 Å². The molecule has 1 saturated heterocycles. The Labute approximate surface area is 148 Å². The van der Waals surface area contributed by atoms with E-state index >= 15 is 0 Å². The number of hydrogen-bond donors (Lipinski definition) is 0. The minimum absolute atomic E-state index is 0.151. The van der Waals surface area contributed by atoms with Crippen LogP contribution in [-0.4, -0.2) is 39.9 Å². The van der Waals surface area contributed by atoms with E-state index in [1.54, 1.807) is 11.8 Å². The van der Waals surface area contributed by atoms with Gasteiger partial charge in [0.15, 0.2) is 0 Å². The normalized spacial score (nSPS) is 20.7. The standard InChI is InChI=1S/C19H25NOS2/c1-3-10-22-14-17-12-18(15-23-11-4-2)20(19(17)21)13-16-8-6-5-7-9-16/h3-9,17-18H,1-2,10-15H2. The van der Waals surface area contributed by atoms with Gasteiger partial charge in [0.05, 0.1) is 0 Å². The Bertz CT molecular complexity index is 517. The monoisotopic (exact) mass is 347 g/mol. The van der Waals surface area contributed by atoms with Gasteiger partial charge in [-0.05, 0) is 12.0 Å². The number of benzene rings is 1. The summed E-state index contributed by atoms with van der Waals surface area (Å²) in [5.41, 5.74) is 1.21. The van der Waals surface area contributed by atoms with Crippen molar-refractivity contribution >= 4 is 29.4 Å². The highest BCUT2D eigenvalue weighted by Crippen LogP contribution is 2.31. The summed E-state index contributed by atoms with van der Waals surface area (Å²) in [7, 11) is 0. The minimum atomic E-state index is 0.151. The van der Waals surface area contributed by atoms with E-state index in [-0.39, 0.29) is 5.92 Å². The molecule has 0 saturated carbocycles. The van der Waals surface area contributed by atoms with Gasteiger partial charge in [0.2, 0.25) is 5.91 Å². The smallest absolute Gasteiger partial charge is 0.227 e. The van der Waals surface area contributed by atoms with Crippen LogP contribution < -0.4 is 0 Å². The van der Waals surface area contributed by atoms with Gasteiger partial charge in [-0.2, -0.15) is 23.5 Å². The fourth-order valence-corrected chi connectivity index (χ4v) is 4.59. The van der Waals surface area contributed by atoms with Crippen LogP contribution in [0.25, 0.3) is 0 Å². The molecule has 0 spiro atoms. The quantitative estimate of drug-likeness (QED) is 0.466. The van der Waals surface area contributed by atoms with E-state index < -0.39 is 0 Å². The lowest BCUT2D eigenvalue weighted by Gasteiger charge is -2.24. The highest BCUT2D eigenvalue weighted by Gasteiger charge is 2.38. The van der Waals surface area contributed by atoms with Gasteiger partial charge in [0, 0.05) is 41.5 Å². The molecule has 124 valence electrons. The fourth-order valence-electron chi connectivity index (χ4n) is 2.84. The third kappa shape index (κ3) is 5.47. The molecule has 1 aliphatic rings. The molecule has 0 N–H and O–H groups in total. The highest BCUT2D eigenvalue weighted by atomic mass is 32.2. The van der Waals surface area contributed by atoms with Crippen molar-refractivity contribution in [3.8, 4) is 0 Å². The maximum absolute atomic E-state index is 12.8. The Morgan fingerprint density at radius 3 is 2.39 bits per heavy atom. The van der Waals surface area contributed by atoms with Gasteiger partial charge < -0.3 is 4.90 Å². The van der Waals surface area contributed by atoms with Gasteiger partial charge in [-0.1, -0.05) is 42.5 Å². The third-order valence-corrected chi connectivity index (χ3v) is 6.13. The molecular weight excluding hydrogens is 322 g/mol. The van der Waals surface area contributed by atoms with Crippen molar-refractivity contribution in [2.24, 2.45) is 5.92 Å². The molecule has 1 amide bonds. The molecule has 1 heterocycles. The van der Waals surface area contributed by atoms with E-state index in [4.69, 9.17) is 0 Å². The zero-order chi connectivity index (χ0) is 16.5. The molecule has 23 heavy (non-hydrogen) atoms. The summed E-state index contributed by atoms with van der Waals surface area (Å²) in [6.07, 6.45) is 4.81. The van der Waals surface area contributed by atoms with Gasteiger partial charge in [-0.3, -0.25) is 4.79 Å². The Hall–Kier alpha value is -1.13. The molecule has 1 aliphatic heterocycles. The predicted octanol–water partition coefficient (Wildman–Crippen LogP) is 4.24. The van der Waals surface area contributed by atoms with Gasteiger partial charge >= 0.3 is 0 Å². The second kappa shape index (κ2) is 9.89. The van der Waals surface area contributed by atoms with Crippen LogP contribution in [0.1, 0.15) is 12.0 Å². The van der Waals surface area contributed by atoms with Gasteiger partial charge in [0.25, 0.3) is 0 Å². The third-order valence-electron chi connectivity index (χ3n) is 3.93. The summed E-state index contributed by atoms with van der Waals surface area (Å²) in [5.74, 6) is 4.22. The maximum Gasteiger partial charge on any atom is 0.227 e. The average molecular weight is 348 g/mol. The van der Waals surface area contributed by atoms with E-state index in [1.165, 1.54) is 5.56 Å². The summed E-state index contributed by atoms with van der Waals surface area (Å²) in [6.45, 7) is 8.25. The summed E-state index contributed by atoms with van der Waals surface area (Å²) in [6, 6.07) is 10.6. The molecule has 0 aromatic heterocycles. The first-order chi connectivity index (χ1) is 11.3. The number of likely N-dealkylation sites (tertiary alicyclic amines) is 1. The van der Waals surface area contributed by atoms with Crippen LogP contribution >= 0.6 is 23.5 Å². The lowest BCUT2D eigenvalue weighted by molar-refractivity contribution is -0.131. The Morgan fingerprint density at radius 1 is 1.09 bits per heavy atom. The summed E-state index contributed by atoms with van der Waals surface area (Å²) < 4.78 is 0. The van der Waals surface area contributed by atoms with Crippen LogP contribution in [0.15, 0.2) is 55.6 Å². The number of carbonyl (C=O) groups excluding carboxylic acids is 1. The molecule has 1 fully saturated rings. The Kier molecular flexibility index (Phi) is 7.83. The number of rotatable bonds is 10. The van der Waals surface area contributed by atoms with Crippen molar-refractivity contribution < 1.29 is 4.79 Å². The van der Waals surface area contributed by atoms with Crippen LogP contribution in [0, 0.1) is 5.92 Å². The molecule has 0 radical (unpaired) electrons. The number of nitrogens with zero attached hydrogens (tertiary/aromatic N) is 1. The topological polar surface area (TPSA) is 20.3 Å². The van der Waals surface area contributed by atoms with Crippen molar-refractivity contribution in [2.45, 2.75) is 19.0 Å². The Balaban J connectivity index is 2.01. The summed E-state index contributed by atoms with van der Waals surface area (Å²) in [4.78, 5) is 14.9. The van der Waals surface area contributed by atoms with E-state index in [0.717, 1.165) is 36.0 Å². The molecular formula is C19H25NOS2. The number of hydrogen-bond acceptors (Lipinski definition) is 3. The average Bonchev–Trinajstić information content (AvgIpc) is 2.85. The van der Waals surface area contributed by atoms with E-state index in [2.05, 4.69) is 30.2 Å². The van der Waals surface area contributed by atoms with Crippen molar-refractivity contribution in [3.63, 3.8) is 0 Å². The molecule has 1 aromatic rings. The van der Waals surface area contributed by atoms with Gasteiger partial charge in [-0.15, -0.1) is 13.2 Å². The second-order valence-electron chi connectivity index (χ2n) is 5.69. The number of carbonyl (C=O) groups is 1. The Morgan fingerprint density at radius 2 is 1.74 bits per heavy atom. The van der Waals surface area contributed by atoms with Crippen molar-refractivity contribution in [3.05, 3.63) is 61.2 Å². The zero-order valence-corrected chi connectivity index (χ0v) is 15.2. The molecule has 0 bridgehead atoms. The summed E-state index contributed by atoms with van der Waals surface area (Å²) in [5, 5.41) is 0. The number of amides is 1. The molecule has 2 atom stereocenters. The fraction of sp³-hybridized carbons (Fsp3) is 0.421. The molecule has 2 unspecified atom stereocenters. The van der Waals surface area contributed by atoms with Gasteiger partial charge in [-0.25, -0.2) is 0 Å². The van der Waals surface area contributed by atoms with Crippen LogP contribution in [0.3, 0.4) is 0 Å². The molecule has 4 heteroatoms. The summed E-state index contributed by atoms with van der Waals surface area (Å²) >= 11 is 3.67. The second-order valence-corrected chi connectivity index (χ2v) is 7.84. The first-order valence-electron chi connectivity index (χ1n) is 7.98. The van der Waals surface area contributed by atoms with Crippen LogP contribution in [0.4, 0.5) is 0 Å².